The van der Waals surface area contributed by atoms with Gasteiger partial charge in [-0.15, -0.1) is 0 Å². The molecule has 140 valence electrons. The van der Waals surface area contributed by atoms with E-state index in [9.17, 15) is 9.59 Å². The van der Waals surface area contributed by atoms with E-state index in [4.69, 9.17) is 21.2 Å². The second-order valence-corrected chi connectivity index (χ2v) is 7.49. The third-order valence-corrected chi connectivity index (χ3v) is 3.91. The second kappa shape index (κ2) is 7.40. The number of benzene rings is 2. The summed E-state index contributed by atoms with van der Waals surface area (Å²) in [5.74, 6) is -0.722. The molecule has 2 aromatic carbocycles. The first-order chi connectivity index (χ1) is 12.7. The summed E-state index contributed by atoms with van der Waals surface area (Å²) in [4.78, 5) is 29.3. The van der Waals surface area contributed by atoms with E-state index >= 15 is 0 Å². The van der Waals surface area contributed by atoms with Gasteiger partial charge in [0.2, 0.25) is 0 Å². The van der Waals surface area contributed by atoms with E-state index in [-0.39, 0.29) is 24.2 Å². The molecule has 0 atom stereocenters. The van der Waals surface area contributed by atoms with Crippen LogP contribution >= 0.6 is 11.6 Å². The van der Waals surface area contributed by atoms with Crippen LogP contribution in [0.15, 0.2) is 47.6 Å². The number of amides is 1. The van der Waals surface area contributed by atoms with E-state index in [0.29, 0.717) is 21.8 Å². The van der Waals surface area contributed by atoms with Crippen molar-refractivity contribution in [2.75, 3.05) is 5.32 Å². The molecule has 6 nitrogen and oxygen atoms in total. The summed E-state index contributed by atoms with van der Waals surface area (Å²) in [6, 6.07) is 11.9. The van der Waals surface area contributed by atoms with Gasteiger partial charge in [0.15, 0.2) is 5.71 Å². The van der Waals surface area contributed by atoms with Crippen LogP contribution in [0.5, 0.6) is 0 Å². The van der Waals surface area contributed by atoms with Crippen molar-refractivity contribution in [3.05, 3.63) is 64.2 Å². The Balaban J connectivity index is 1.64. The predicted molar refractivity (Wildman–Crippen MR) is 103 cm³/mol. The number of carbonyl (C=O) groups is 2. The molecule has 3 rings (SSSR count). The fourth-order valence-electron chi connectivity index (χ4n) is 2.47. The normalized spacial score (nSPS) is 14.7. The lowest BCUT2D eigenvalue weighted by atomic mass is 10.1. The Bertz CT molecular complexity index is 915. The molecule has 0 aliphatic carbocycles. The highest BCUT2D eigenvalue weighted by molar-refractivity contribution is 6.53. The summed E-state index contributed by atoms with van der Waals surface area (Å²) in [5.41, 5.74) is 2.17. The van der Waals surface area contributed by atoms with Crippen molar-refractivity contribution in [2.24, 2.45) is 5.16 Å². The van der Waals surface area contributed by atoms with Crippen LogP contribution in [0.4, 0.5) is 5.69 Å². The summed E-state index contributed by atoms with van der Waals surface area (Å²) in [6.45, 7) is 5.61. The zero-order valence-corrected chi connectivity index (χ0v) is 16.0. The molecular formula is C20H19ClN2O4. The predicted octanol–water partition coefficient (Wildman–Crippen LogP) is 4.17. The maximum Gasteiger partial charge on any atom is 0.338 e. The van der Waals surface area contributed by atoms with E-state index in [2.05, 4.69) is 10.5 Å². The minimum absolute atomic E-state index is 0.161. The number of anilines is 1. The van der Waals surface area contributed by atoms with Gasteiger partial charge in [0.05, 0.1) is 11.3 Å². The molecule has 0 bridgehead atoms. The molecule has 7 heteroatoms. The Morgan fingerprint density at radius 2 is 1.85 bits per heavy atom. The number of ether oxygens (including phenoxy) is 1. The maximum absolute atomic E-state index is 12.0. The first-order valence-corrected chi connectivity index (χ1v) is 8.74. The Labute approximate surface area is 162 Å². The van der Waals surface area contributed by atoms with Crippen LogP contribution < -0.4 is 5.32 Å². The maximum atomic E-state index is 12.0. The molecule has 0 saturated carbocycles. The van der Waals surface area contributed by atoms with Gasteiger partial charge in [0, 0.05) is 10.6 Å². The molecule has 0 aromatic heterocycles. The molecule has 0 unspecified atom stereocenters. The summed E-state index contributed by atoms with van der Waals surface area (Å²) in [7, 11) is 0. The van der Waals surface area contributed by atoms with Crippen molar-refractivity contribution in [1.82, 2.24) is 0 Å². The number of oxime groups is 1. The van der Waals surface area contributed by atoms with Crippen LogP contribution in [0.1, 0.15) is 42.3 Å². The van der Waals surface area contributed by atoms with Crippen LogP contribution in [0.3, 0.4) is 0 Å². The summed E-state index contributed by atoms with van der Waals surface area (Å²) in [6.07, 6.45) is 0. The fraction of sp³-hybridized carbons (Fsp3) is 0.250. The van der Waals surface area contributed by atoms with Crippen molar-refractivity contribution < 1.29 is 19.2 Å². The molecule has 2 aromatic rings. The van der Waals surface area contributed by atoms with E-state index in [0.717, 1.165) is 5.56 Å². The smallest absolute Gasteiger partial charge is 0.338 e. The first kappa shape index (κ1) is 18.9. The number of halogens is 1. The minimum atomic E-state index is -0.544. The van der Waals surface area contributed by atoms with Crippen molar-refractivity contribution in [3.63, 3.8) is 0 Å². The van der Waals surface area contributed by atoms with Gasteiger partial charge in [-0.05, 0) is 56.7 Å². The minimum Gasteiger partial charge on any atom is -0.456 e. The van der Waals surface area contributed by atoms with E-state index < -0.39 is 5.60 Å². The molecule has 1 aliphatic heterocycles. The van der Waals surface area contributed by atoms with Crippen molar-refractivity contribution in [1.29, 1.82) is 0 Å². The Morgan fingerprint density at radius 1 is 1.15 bits per heavy atom. The molecule has 27 heavy (non-hydrogen) atoms. The van der Waals surface area contributed by atoms with Gasteiger partial charge in [0.25, 0.3) is 5.91 Å². The quantitative estimate of drug-likeness (QED) is 0.632. The highest BCUT2D eigenvalue weighted by atomic mass is 35.5. The largest absolute Gasteiger partial charge is 0.456 e. The highest BCUT2D eigenvalue weighted by Gasteiger charge is 2.26. The number of hydrogen-bond acceptors (Lipinski definition) is 5. The van der Waals surface area contributed by atoms with Gasteiger partial charge in [-0.1, -0.05) is 28.9 Å². The SMILES string of the molecule is CC(C)(C)OC(=O)c1ccc(CO/N=C2\C(=O)Nc3cc(Cl)ccc32)cc1. The van der Waals surface area contributed by atoms with Gasteiger partial charge in [-0.3, -0.25) is 4.79 Å². The molecular weight excluding hydrogens is 368 g/mol. The molecule has 0 radical (unpaired) electrons. The summed E-state index contributed by atoms with van der Waals surface area (Å²) >= 11 is 5.92. The van der Waals surface area contributed by atoms with Crippen molar-refractivity contribution >= 4 is 34.9 Å². The number of esters is 1. The number of rotatable bonds is 4. The van der Waals surface area contributed by atoms with E-state index in [1.165, 1.54) is 0 Å². The lowest BCUT2D eigenvalue weighted by Gasteiger charge is -2.19. The number of nitrogens with one attached hydrogen (secondary N) is 1. The standard InChI is InChI=1S/C20H19ClN2O4/c1-20(2,3)27-19(25)13-6-4-12(5-7-13)11-26-23-17-15-9-8-14(21)10-16(15)22-18(17)24/h4-10H,11H2,1-3H3,(H,22,23,24). The molecule has 0 saturated heterocycles. The zero-order chi connectivity index (χ0) is 19.6. The average Bonchev–Trinajstić information content (AvgIpc) is 2.88. The lowest BCUT2D eigenvalue weighted by molar-refractivity contribution is -0.110. The van der Waals surface area contributed by atoms with Gasteiger partial charge in [-0.2, -0.15) is 0 Å². The lowest BCUT2D eigenvalue weighted by Crippen LogP contribution is -2.23. The van der Waals surface area contributed by atoms with Gasteiger partial charge >= 0.3 is 5.97 Å². The van der Waals surface area contributed by atoms with Gasteiger partial charge < -0.3 is 14.9 Å². The Morgan fingerprint density at radius 3 is 2.52 bits per heavy atom. The third-order valence-electron chi connectivity index (χ3n) is 3.68. The molecule has 0 spiro atoms. The van der Waals surface area contributed by atoms with Crippen molar-refractivity contribution in [2.45, 2.75) is 33.0 Å². The number of nitrogens with zero attached hydrogens (tertiary/aromatic N) is 1. The molecule has 1 heterocycles. The summed E-state index contributed by atoms with van der Waals surface area (Å²) in [5, 5.41) is 7.17. The molecule has 1 N–H and O–H groups in total. The monoisotopic (exact) mass is 386 g/mol. The van der Waals surface area contributed by atoms with E-state index in [1.807, 2.05) is 20.8 Å². The van der Waals surface area contributed by atoms with Gasteiger partial charge in [0.1, 0.15) is 12.2 Å². The Hall–Kier alpha value is -2.86. The molecule has 0 fully saturated rings. The second-order valence-electron chi connectivity index (χ2n) is 7.06. The number of carbonyl (C=O) groups excluding carboxylic acids is 2. The number of fused-ring (bicyclic) bond motifs is 1. The van der Waals surface area contributed by atoms with Crippen LogP contribution in [0.25, 0.3) is 0 Å². The molecule has 1 aliphatic rings. The van der Waals surface area contributed by atoms with Crippen LogP contribution in [-0.2, 0) is 21.0 Å². The average molecular weight is 387 g/mol. The zero-order valence-electron chi connectivity index (χ0n) is 15.2. The summed E-state index contributed by atoms with van der Waals surface area (Å²) < 4.78 is 5.32. The first-order valence-electron chi connectivity index (χ1n) is 8.36. The fourth-order valence-corrected chi connectivity index (χ4v) is 2.64. The van der Waals surface area contributed by atoms with Crippen LogP contribution in [0.2, 0.25) is 5.02 Å². The van der Waals surface area contributed by atoms with Crippen LogP contribution in [0, 0.1) is 0 Å². The Kier molecular flexibility index (Phi) is 5.19. The van der Waals surface area contributed by atoms with E-state index in [1.54, 1.807) is 42.5 Å². The van der Waals surface area contributed by atoms with Crippen molar-refractivity contribution in [3.8, 4) is 0 Å². The topological polar surface area (TPSA) is 77.0 Å². The highest BCUT2D eigenvalue weighted by Crippen LogP contribution is 2.27. The van der Waals surface area contributed by atoms with Crippen LogP contribution in [-0.4, -0.2) is 23.2 Å². The number of hydrogen-bond donors (Lipinski definition) is 1. The van der Waals surface area contributed by atoms with Gasteiger partial charge in [-0.25, -0.2) is 4.79 Å². The molecule has 1 amide bonds. The third kappa shape index (κ3) is 4.65.